The lowest BCUT2D eigenvalue weighted by molar-refractivity contribution is -0.126. The zero-order chi connectivity index (χ0) is 18.6. The van der Waals surface area contributed by atoms with E-state index in [0.29, 0.717) is 6.54 Å². The number of aromatic nitrogens is 2. The molecule has 27 heavy (non-hydrogen) atoms. The second kappa shape index (κ2) is 7.78. The molecule has 0 spiro atoms. The molecule has 0 radical (unpaired) electrons. The van der Waals surface area contributed by atoms with Crippen molar-refractivity contribution in [2.24, 2.45) is 0 Å². The van der Waals surface area contributed by atoms with Crippen LogP contribution in [0.4, 0.5) is 17.5 Å². The first-order valence-corrected chi connectivity index (χ1v) is 9.61. The lowest BCUT2D eigenvalue weighted by Gasteiger charge is -2.28. The molecule has 6 heteroatoms. The van der Waals surface area contributed by atoms with E-state index in [1.165, 1.54) is 36.5 Å². The van der Waals surface area contributed by atoms with Crippen molar-refractivity contribution in [1.82, 2.24) is 14.9 Å². The molecule has 1 saturated heterocycles. The molecule has 4 rings (SSSR count). The van der Waals surface area contributed by atoms with Gasteiger partial charge in [0.15, 0.2) is 0 Å². The molecule has 1 N–H and O–H groups in total. The molecule has 0 saturated carbocycles. The number of hydrogen-bond donors (Lipinski definition) is 1. The fraction of sp³-hybridized carbons (Fsp3) is 0.381. The van der Waals surface area contributed by atoms with Crippen molar-refractivity contribution < 1.29 is 4.79 Å². The highest BCUT2D eigenvalue weighted by Crippen LogP contribution is 2.25. The summed E-state index contributed by atoms with van der Waals surface area (Å²) in [5, 5.41) is 3.40. The summed E-state index contributed by atoms with van der Waals surface area (Å²) in [6.45, 7) is 7.01. The Morgan fingerprint density at radius 1 is 1.11 bits per heavy atom. The molecule has 1 aromatic heterocycles. The van der Waals surface area contributed by atoms with Gasteiger partial charge in [0.1, 0.15) is 5.82 Å². The summed E-state index contributed by atoms with van der Waals surface area (Å²) in [5.41, 5.74) is 3.48. The standard InChI is InChI=1S/C21H25N5O/c1-2-20(27)26-13-9-16-14-18(7-6-17(16)15-26)23-19-8-10-22-21(24-19)25-11-4-3-5-12-25/h2,6-8,10,14H,1,3-5,9,11-13,15H2,(H,22,23,24). The van der Waals surface area contributed by atoms with Crippen molar-refractivity contribution in [2.75, 3.05) is 29.9 Å². The zero-order valence-corrected chi connectivity index (χ0v) is 15.5. The van der Waals surface area contributed by atoms with E-state index in [0.717, 1.165) is 43.5 Å². The number of amides is 1. The third-order valence-corrected chi connectivity index (χ3v) is 5.26. The van der Waals surface area contributed by atoms with Crippen LogP contribution in [0.25, 0.3) is 0 Å². The number of piperidine rings is 1. The number of hydrogen-bond acceptors (Lipinski definition) is 5. The Morgan fingerprint density at radius 3 is 2.78 bits per heavy atom. The highest BCUT2D eigenvalue weighted by molar-refractivity contribution is 5.87. The van der Waals surface area contributed by atoms with E-state index in [2.05, 4.69) is 38.9 Å². The van der Waals surface area contributed by atoms with E-state index in [9.17, 15) is 4.79 Å². The number of anilines is 3. The number of fused-ring (bicyclic) bond motifs is 1. The second-order valence-corrected chi connectivity index (χ2v) is 7.11. The smallest absolute Gasteiger partial charge is 0.246 e. The summed E-state index contributed by atoms with van der Waals surface area (Å²) in [4.78, 5) is 25.0. The average molecular weight is 363 g/mol. The van der Waals surface area contributed by atoms with Crippen molar-refractivity contribution >= 4 is 23.4 Å². The van der Waals surface area contributed by atoms with Gasteiger partial charge in [-0.2, -0.15) is 4.98 Å². The molecule has 140 valence electrons. The van der Waals surface area contributed by atoms with Gasteiger partial charge >= 0.3 is 0 Å². The molecular weight excluding hydrogens is 338 g/mol. The Balaban J connectivity index is 1.48. The quantitative estimate of drug-likeness (QED) is 0.845. The first kappa shape index (κ1) is 17.5. The van der Waals surface area contributed by atoms with Crippen LogP contribution in [0, 0.1) is 0 Å². The average Bonchev–Trinajstić information content (AvgIpc) is 2.73. The number of benzene rings is 1. The number of rotatable bonds is 4. The van der Waals surface area contributed by atoms with Crippen LogP contribution in [-0.4, -0.2) is 40.4 Å². The zero-order valence-electron chi connectivity index (χ0n) is 15.5. The highest BCUT2D eigenvalue weighted by Gasteiger charge is 2.19. The first-order chi connectivity index (χ1) is 13.2. The van der Waals surface area contributed by atoms with Crippen molar-refractivity contribution in [3.8, 4) is 0 Å². The monoisotopic (exact) mass is 363 g/mol. The minimum Gasteiger partial charge on any atom is -0.341 e. The van der Waals surface area contributed by atoms with Crippen molar-refractivity contribution in [3.05, 3.63) is 54.2 Å². The van der Waals surface area contributed by atoms with Gasteiger partial charge in [0.25, 0.3) is 0 Å². The Hall–Kier alpha value is -2.89. The third-order valence-electron chi connectivity index (χ3n) is 5.26. The normalized spacial score (nSPS) is 16.6. The van der Waals surface area contributed by atoms with Crippen LogP contribution >= 0.6 is 0 Å². The van der Waals surface area contributed by atoms with Gasteiger partial charge in [0, 0.05) is 38.1 Å². The molecule has 0 bridgehead atoms. The van der Waals surface area contributed by atoms with Crippen LogP contribution in [-0.2, 0) is 17.8 Å². The molecule has 2 aliphatic rings. The minimum atomic E-state index is -0.00548. The topological polar surface area (TPSA) is 61.4 Å². The predicted octanol–water partition coefficient (Wildman–Crippen LogP) is 3.28. The molecular formula is C21H25N5O. The summed E-state index contributed by atoms with van der Waals surface area (Å²) in [7, 11) is 0. The van der Waals surface area contributed by atoms with Crippen LogP contribution in [0.1, 0.15) is 30.4 Å². The van der Waals surface area contributed by atoms with E-state index >= 15 is 0 Å². The van der Waals surface area contributed by atoms with Crippen LogP contribution in [0.5, 0.6) is 0 Å². The molecule has 0 aliphatic carbocycles. The molecule has 2 aliphatic heterocycles. The van der Waals surface area contributed by atoms with E-state index in [-0.39, 0.29) is 5.91 Å². The van der Waals surface area contributed by atoms with E-state index in [4.69, 9.17) is 0 Å². The van der Waals surface area contributed by atoms with Gasteiger partial charge in [-0.05, 0) is 61.1 Å². The predicted molar refractivity (Wildman–Crippen MR) is 107 cm³/mol. The van der Waals surface area contributed by atoms with Gasteiger partial charge < -0.3 is 15.1 Å². The number of nitrogens with one attached hydrogen (secondary N) is 1. The molecule has 1 aromatic carbocycles. The minimum absolute atomic E-state index is 0.00548. The SMILES string of the molecule is C=CC(=O)N1CCc2cc(Nc3ccnc(N4CCCCC4)n3)ccc2C1. The van der Waals surface area contributed by atoms with Crippen LogP contribution in [0.3, 0.4) is 0 Å². The Labute approximate surface area is 159 Å². The molecule has 0 atom stereocenters. The van der Waals surface area contributed by atoms with Gasteiger partial charge in [-0.15, -0.1) is 0 Å². The van der Waals surface area contributed by atoms with Gasteiger partial charge in [-0.1, -0.05) is 12.6 Å². The number of carbonyl (C=O) groups is 1. The van der Waals surface area contributed by atoms with Crippen molar-refractivity contribution in [1.29, 1.82) is 0 Å². The van der Waals surface area contributed by atoms with Gasteiger partial charge in [0.05, 0.1) is 0 Å². The van der Waals surface area contributed by atoms with E-state index in [1.807, 2.05) is 23.2 Å². The molecule has 0 unspecified atom stereocenters. The molecule has 1 fully saturated rings. The number of carbonyl (C=O) groups excluding carboxylic acids is 1. The second-order valence-electron chi connectivity index (χ2n) is 7.11. The summed E-state index contributed by atoms with van der Waals surface area (Å²) in [6, 6.07) is 8.20. The summed E-state index contributed by atoms with van der Waals surface area (Å²) in [6.07, 6.45) is 7.76. The largest absolute Gasteiger partial charge is 0.341 e. The maximum atomic E-state index is 11.8. The summed E-state index contributed by atoms with van der Waals surface area (Å²) in [5.74, 6) is 1.61. The Morgan fingerprint density at radius 2 is 1.96 bits per heavy atom. The fourth-order valence-corrected chi connectivity index (χ4v) is 3.76. The fourth-order valence-electron chi connectivity index (χ4n) is 3.76. The first-order valence-electron chi connectivity index (χ1n) is 9.61. The summed E-state index contributed by atoms with van der Waals surface area (Å²) < 4.78 is 0. The van der Waals surface area contributed by atoms with E-state index in [1.54, 1.807) is 0 Å². The lowest BCUT2D eigenvalue weighted by Crippen LogP contribution is -2.34. The Bertz CT molecular complexity index is 844. The van der Waals surface area contributed by atoms with Gasteiger partial charge in [0.2, 0.25) is 11.9 Å². The van der Waals surface area contributed by atoms with Gasteiger partial charge in [-0.3, -0.25) is 4.79 Å². The summed E-state index contributed by atoms with van der Waals surface area (Å²) >= 11 is 0. The maximum Gasteiger partial charge on any atom is 0.246 e. The molecule has 3 heterocycles. The third kappa shape index (κ3) is 3.94. The van der Waals surface area contributed by atoms with Crippen molar-refractivity contribution in [3.63, 3.8) is 0 Å². The molecule has 1 amide bonds. The van der Waals surface area contributed by atoms with Gasteiger partial charge in [-0.25, -0.2) is 4.98 Å². The van der Waals surface area contributed by atoms with Crippen molar-refractivity contribution in [2.45, 2.75) is 32.2 Å². The van der Waals surface area contributed by atoms with E-state index < -0.39 is 0 Å². The van der Waals surface area contributed by atoms with Crippen LogP contribution in [0.15, 0.2) is 43.1 Å². The highest BCUT2D eigenvalue weighted by atomic mass is 16.2. The van der Waals surface area contributed by atoms with Crippen LogP contribution < -0.4 is 10.2 Å². The van der Waals surface area contributed by atoms with Crippen LogP contribution in [0.2, 0.25) is 0 Å². The lowest BCUT2D eigenvalue weighted by atomic mass is 9.99. The maximum absolute atomic E-state index is 11.8. The number of nitrogens with zero attached hydrogens (tertiary/aromatic N) is 4. The molecule has 2 aromatic rings. The molecule has 6 nitrogen and oxygen atoms in total. The Kier molecular flexibility index (Phi) is 5.05.